The molecule has 1 N–H and O–H groups in total. The Morgan fingerprint density at radius 2 is 2.18 bits per heavy atom. The minimum Gasteiger partial charge on any atom is -0.316 e. The standard InChI is InChI=1S/C12H21F3N2/c1-11(3-4-16-8-11)9-17-5-2-10(7-17)6-12(13,14)15/h10,16H,2-9H2,1H3. The predicted molar refractivity (Wildman–Crippen MR) is 60.8 cm³/mol. The second kappa shape index (κ2) is 4.76. The van der Waals surface area contributed by atoms with Crippen LogP contribution in [0, 0.1) is 11.3 Å². The lowest BCUT2D eigenvalue weighted by molar-refractivity contribution is -0.143. The molecular formula is C12H21F3N2. The molecule has 0 radical (unpaired) electrons. The van der Waals surface area contributed by atoms with Crippen LogP contribution in [0.15, 0.2) is 0 Å². The second-order valence-electron chi connectivity index (χ2n) is 5.95. The first kappa shape index (κ1) is 13.1. The molecule has 0 aromatic rings. The Balaban J connectivity index is 1.78. The third-order valence-corrected chi connectivity index (χ3v) is 3.95. The van der Waals surface area contributed by atoms with Gasteiger partial charge < -0.3 is 10.2 Å². The number of nitrogens with zero attached hydrogens (tertiary/aromatic N) is 1. The summed E-state index contributed by atoms with van der Waals surface area (Å²) >= 11 is 0. The van der Waals surface area contributed by atoms with Crippen molar-refractivity contribution in [3.8, 4) is 0 Å². The monoisotopic (exact) mass is 250 g/mol. The molecule has 2 heterocycles. The molecule has 0 amide bonds. The van der Waals surface area contributed by atoms with E-state index in [-0.39, 0.29) is 11.3 Å². The topological polar surface area (TPSA) is 15.3 Å². The van der Waals surface area contributed by atoms with Gasteiger partial charge in [0.1, 0.15) is 0 Å². The van der Waals surface area contributed by atoms with Crippen molar-refractivity contribution in [3.05, 3.63) is 0 Å². The zero-order valence-electron chi connectivity index (χ0n) is 10.3. The van der Waals surface area contributed by atoms with Crippen LogP contribution in [0.25, 0.3) is 0 Å². The van der Waals surface area contributed by atoms with Crippen LogP contribution >= 0.6 is 0 Å². The molecule has 2 fully saturated rings. The van der Waals surface area contributed by atoms with E-state index in [0.717, 1.165) is 32.6 Å². The Bertz CT molecular complexity index is 259. The first-order chi connectivity index (χ1) is 7.86. The van der Waals surface area contributed by atoms with Gasteiger partial charge in [0, 0.05) is 26.1 Å². The molecule has 0 aromatic heterocycles. The van der Waals surface area contributed by atoms with E-state index in [1.807, 2.05) is 0 Å². The maximum atomic E-state index is 12.3. The summed E-state index contributed by atoms with van der Waals surface area (Å²) in [4.78, 5) is 2.21. The van der Waals surface area contributed by atoms with E-state index in [4.69, 9.17) is 0 Å². The van der Waals surface area contributed by atoms with Crippen molar-refractivity contribution in [2.45, 2.75) is 32.4 Å². The number of nitrogens with one attached hydrogen (secondary N) is 1. The fraction of sp³-hybridized carbons (Fsp3) is 1.00. The fourth-order valence-electron chi connectivity index (χ4n) is 3.09. The molecule has 2 rings (SSSR count). The Morgan fingerprint density at radius 1 is 1.41 bits per heavy atom. The smallest absolute Gasteiger partial charge is 0.316 e. The fourth-order valence-corrected chi connectivity index (χ4v) is 3.09. The van der Waals surface area contributed by atoms with Gasteiger partial charge in [0.25, 0.3) is 0 Å². The van der Waals surface area contributed by atoms with E-state index < -0.39 is 12.6 Å². The second-order valence-corrected chi connectivity index (χ2v) is 5.95. The van der Waals surface area contributed by atoms with Crippen LogP contribution in [0.3, 0.4) is 0 Å². The summed E-state index contributed by atoms with van der Waals surface area (Å²) in [5.41, 5.74) is 0.257. The normalized spacial score (nSPS) is 35.6. The molecule has 2 aliphatic rings. The van der Waals surface area contributed by atoms with E-state index in [0.29, 0.717) is 13.0 Å². The number of alkyl halides is 3. The van der Waals surface area contributed by atoms with Gasteiger partial charge in [0.15, 0.2) is 0 Å². The van der Waals surface area contributed by atoms with Gasteiger partial charge in [-0.3, -0.25) is 0 Å². The average Bonchev–Trinajstić information content (AvgIpc) is 2.74. The van der Waals surface area contributed by atoms with Crippen molar-refractivity contribution < 1.29 is 13.2 Å². The largest absolute Gasteiger partial charge is 0.389 e. The van der Waals surface area contributed by atoms with Gasteiger partial charge in [-0.05, 0) is 37.3 Å². The number of hydrogen-bond donors (Lipinski definition) is 1. The van der Waals surface area contributed by atoms with Crippen LogP contribution in [0.4, 0.5) is 13.2 Å². The van der Waals surface area contributed by atoms with E-state index >= 15 is 0 Å². The quantitative estimate of drug-likeness (QED) is 0.826. The van der Waals surface area contributed by atoms with Crippen LogP contribution in [0.5, 0.6) is 0 Å². The average molecular weight is 250 g/mol. The molecule has 0 aliphatic carbocycles. The molecule has 2 unspecified atom stereocenters. The van der Waals surface area contributed by atoms with Crippen LogP contribution in [0.2, 0.25) is 0 Å². The molecule has 0 bridgehead atoms. The predicted octanol–water partition coefficient (Wildman–Crippen LogP) is 2.26. The maximum Gasteiger partial charge on any atom is 0.389 e. The van der Waals surface area contributed by atoms with Crippen molar-refractivity contribution in [1.29, 1.82) is 0 Å². The highest BCUT2D eigenvalue weighted by atomic mass is 19.4. The molecule has 0 spiro atoms. The summed E-state index contributed by atoms with van der Waals surface area (Å²) in [6, 6.07) is 0. The van der Waals surface area contributed by atoms with E-state index in [2.05, 4.69) is 17.1 Å². The summed E-state index contributed by atoms with van der Waals surface area (Å²) in [6.45, 7) is 6.65. The molecule has 5 heteroatoms. The number of likely N-dealkylation sites (tertiary alicyclic amines) is 1. The van der Waals surface area contributed by atoms with Gasteiger partial charge in [-0.25, -0.2) is 0 Å². The highest BCUT2D eigenvalue weighted by Crippen LogP contribution is 2.33. The summed E-state index contributed by atoms with van der Waals surface area (Å²) in [6.07, 6.45) is -2.78. The minimum absolute atomic E-state index is 0.187. The summed E-state index contributed by atoms with van der Waals surface area (Å²) in [5.74, 6) is -0.187. The SMILES string of the molecule is CC1(CN2CCC(CC(F)(F)F)C2)CCNC1. The highest BCUT2D eigenvalue weighted by molar-refractivity contribution is 4.89. The van der Waals surface area contributed by atoms with Crippen molar-refractivity contribution in [2.75, 3.05) is 32.7 Å². The summed E-state index contributed by atoms with van der Waals surface area (Å²) in [5, 5.41) is 3.33. The van der Waals surface area contributed by atoms with Gasteiger partial charge in [-0.2, -0.15) is 13.2 Å². The Labute approximate surface area is 101 Å². The van der Waals surface area contributed by atoms with Gasteiger partial charge in [-0.15, -0.1) is 0 Å². The van der Waals surface area contributed by atoms with E-state index in [1.54, 1.807) is 0 Å². The van der Waals surface area contributed by atoms with Crippen molar-refractivity contribution in [1.82, 2.24) is 10.2 Å². The van der Waals surface area contributed by atoms with Crippen LogP contribution in [-0.2, 0) is 0 Å². The van der Waals surface area contributed by atoms with Crippen molar-refractivity contribution >= 4 is 0 Å². The zero-order chi connectivity index (χ0) is 12.5. The molecule has 0 aromatic carbocycles. The molecule has 17 heavy (non-hydrogen) atoms. The van der Waals surface area contributed by atoms with Crippen molar-refractivity contribution in [3.63, 3.8) is 0 Å². The summed E-state index contributed by atoms with van der Waals surface area (Å²) < 4.78 is 36.9. The first-order valence-corrected chi connectivity index (χ1v) is 6.36. The lowest BCUT2D eigenvalue weighted by Crippen LogP contribution is -2.36. The number of rotatable bonds is 3. The van der Waals surface area contributed by atoms with Gasteiger partial charge in [0.2, 0.25) is 0 Å². The zero-order valence-corrected chi connectivity index (χ0v) is 10.3. The summed E-state index contributed by atoms with van der Waals surface area (Å²) in [7, 11) is 0. The van der Waals surface area contributed by atoms with Crippen molar-refractivity contribution in [2.24, 2.45) is 11.3 Å². The van der Waals surface area contributed by atoms with E-state index in [9.17, 15) is 13.2 Å². The van der Waals surface area contributed by atoms with E-state index in [1.165, 1.54) is 0 Å². The molecule has 2 nitrogen and oxygen atoms in total. The lowest BCUT2D eigenvalue weighted by atomic mass is 9.89. The maximum absolute atomic E-state index is 12.3. The molecule has 100 valence electrons. The lowest BCUT2D eigenvalue weighted by Gasteiger charge is -2.29. The molecule has 2 saturated heterocycles. The molecule has 2 aliphatic heterocycles. The molecule has 2 atom stereocenters. The molecule has 0 saturated carbocycles. The highest BCUT2D eigenvalue weighted by Gasteiger charge is 2.37. The third kappa shape index (κ3) is 3.85. The molecular weight excluding hydrogens is 229 g/mol. The number of halogens is 3. The van der Waals surface area contributed by atoms with Crippen LogP contribution in [-0.4, -0.2) is 43.8 Å². The first-order valence-electron chi connectivity index (χ1n) is 6.36. The third-order valence-electron chi connectivity index (χ3n) is 3.95. The Hall–Kier alpha value is -0.290. The minimum atomic E-state index is -4.00. The van der Waals surface area contributed by atoms with Gasteiger partial charge >= 0.3 is 6.18 Å². The van der Waals surface area contributed by atoms with Crippen LogP contribution < -0.4 is 5.32 Å². The Morgan fingerprint density at radius 3 is 2.76 bits per heavy atom. The number of hydrogen-bond acceptors (Lipinski definition) is 2. The van der Waals surface area contributed by atoms with Crippen LogP contribution in [0.1, 0.15) is 26.2 Å². The van der Waals surface area contributed by atoms with Gasteiger partial charge in [-0.1, -0.05) is 6.92 Å². The Kier molecular flexibility index (Phi) is 3.69. The van der Waals surface area contributed by atoms with Gasteiger partial charge in [0.05, 0.1) is 0 Å².